The van der Waals surface area contributed by atoms with E-state index in [2.05, 4.69) is 52.2 Å². The third-order valence-corrected chi connectivity index (χ3v) is 3.78. The molecule has 0 bridgehead atoms. The van der Waals surface area contributed by atoms with Gasteiger partial charge >= 0.3 is 0 Å². The van der Waals surface area contributed by atoms with Crippen LogP contribution in [0.4, 0.5) is 5.69 Å². The molecular weight excluding hydrogens is 368 g/mol. The molecular formula is C13H10Cl2IN. The van der Waals surface area contributed by atoms with Crippen LogP contribution in [0.25, 0.3) is 0 Å². The summed E-state index contributed by atoms with van der Waals surface area (Å²) in [4.78, 5) is 0. The number of anilines is 1. The number of hydrogen-bond donors (Lipinski definition) is 1. The molecule has 0 spiro atoms. The van der Waals surface area contributed by atoms with Gasteiger partial charge in [0.25, 0.3) is 0 Å². The van der Waals surface area contributed by atoms with Gasteiger partial charge in [-0.1, -0.05) is 29.3 Å². The van der Waals surface area contributed by atoms with Gasteiger partial charge in [-0.2, -0.15) is 0 Å². The summed E-state index contributed by atoms with van der Waals surface area (Å²) < 4.78 is 1.22. The minimum atomic E-state index is 0.588. The molecule has 2 aromatic carbocycles. The molecule has 0 atom stereocenters. The summed E-state index contributed by atoms with van der Waals surface area (Å²) >= 11 is 14.1. The van der Waals surface area contributed by atoms with Gasteiger partial charge < -0.3 is 5.32 Å². The Hall–Kier alpha value is -0.450. The second-order valence-corrected chi connectivity index (χ2v) is 5.67. The number of benzene rings is 2. The lowest BCUT2D eigenvalue weighted by atomic mass is 10.2. The SMILES string of the molecule is Clc1ccc(CNc2ccc(I)cc2)cc1Cl. The van der Waals surface area contributed by atoms with Gasteiger partial charge in [-0.3, -0.25) is 0 Å². The monoisotopic (exact) mass is 377 g/mol. The summed E-state index contributed by atoms with van der Waals surface area (Å²) in [5, 5.41) is 4.51. The lowest BCUT2D eigenvalue weighted by molar-refractivity contribution is 1.15. The summed E-state index contributed by atoms with van der Waals surface area (Å²) in [6.45, 7) is 0.734. The van der Waals surface area contributed by atoms with Gasteiger partial charge in [-0.15, -0.1) is 0 Å². The van der Waals surface area contributed by atoms with Crippen LogP contribution in [0.5, 0.6) is 0 Å². The van der Waals surface area contributed by atoms with Gasteiger partial charge in [0, 0.05) is 15.8 Å². The fourth-order valence-electron chi connectivity index (χ4n) is 1.42. The van der Waals surface area contributed by atoms with Crippen LogP contribution in [-0.2, 0) is 6.54 Å². The Morgan fingerprint density at radius 1 is 0.941 bits per heavy atom. The van der Waals surface area contributed by atoms with Crippen molar-refractivity contribution in [3.05, 3.63) is 61.6 Å². The van der Waals surface area contributed by atoms with E-state index in [-0.39, 0.29) is 0 Å². The minimum absolute atomic E-state index is 0.588. The second-order valence-electron chi connectivity index (χ2n) is 3.61. The molecule has 0 amide bonds. The molecule has 1 N–H and O–H groups in total. The van der Waals surface area contributed by atoms with Crippen LogP contribution in [0.1, 0.15) is 5.56 Å². The maximum Gasteiger partial charge on any atom is 0.0595 e. The Morgan fingerprint density at radius 3 is 2.29 bits per heavy atom. The van der Waals surface area contributed by atoms with Crippen LogP contribution in [0, 0.1) is 3.57 Å². The van der Waals surface area contributed by atoms with Crippen molar-refractivity contribution in [1.29, 1.82) is 0 Å². The highest BCUT2D eigenvalue weighted by Crippen LogP contribution is 2.23. The van der Waals surface area contributed by atoms with E-state index in [0.29, 0.717) is 10.0 Å². The molecule has 17 heavy (non-hydrogen) atoms. The molecule has 88 valence electrons. The van der Waals surface area contributed by atoms with Gasteiger partial charge in [-0.25, -0.2) is 0 Å². The molecule has 0 aliphatic heterocycles. The molecule has 0 unspecified atom stereocenters. The first kappa shape index (κ1) is 13.0. The molecule has 0 saturated carbocycles. The average Bonchev–Trinajstić information content (AvgIpc) is 2.33. The molecule has 0 aliphatic rings. The van der Waals surface area contributed by atoms with E-state index in [1.165, 1.54) is 3.57 Å². The lowest BCUT2D eigenvalue weighted by Gasteiger charge is -2.07. The number of rotatable bonds is 3. The molecule has 0 aromatic heterocycles. The van der Waals surface area contributed by atoms with Crippen molar-refractivity contribution in [3.8, 4) is 0 Å². The van der Waals surface area contributed by atoms with Crippen LogP contribution in [0.2, 0.25) is 10.0 Å². The number of hydrogen-bond acceptors (Lipinski definition) is 1. The molecule has 4 heteroatoms. The van der Waals surface area contributed by atoms with Crippen molar-refractivity contribution in [3.63, 3.8) is 0 Å². The Morgan fingerprint density at radius 2 is 1.65 bits per heavy atom. The second kappa shape index (κ2) is 5.94. The first-order valence-corrected chi connectivity index (χ1v) is 6.92. The number of nitrogens with one attached hydrogen (secondary N) is 1. The van der Waals surface area contributed by atoms with Crippen molar-refractivity contribution in [2.75, 3.05) is 5.32 Å². The normalized spacial score (nSPS) is 10.3. The summed E-state index contributed by atoms with van der Waals surface area (Å²) in [6, 6.07) is 13.9. The highest BCUT2D eigenvalue weighted by molar-refractivity contribution is 14.1. The van der Waals surface area contributed by atoms with Crippen molar-refractivity contribution in [1.82, 2.24) is 0 Å². The minimum Gasteiger partial charge on any atom is -0.381 e. The third kappa shape index (κ3) is 3.76. The predicted octanol–water partition coefficient (Wildman–Crippen LogP) is 5.21. The van der Waals surface area contributed by atoms with E-state index < -0.39 is 0 Å². The Labute approximate surface area is 124 Å². The smallest absolute Gasteiger partial charge is 0.0595 e. The van der Waals surface area contributed by atoms with Crippen LogP contribution in [-0.4, -0.2) is 0 Å². The van der Waals surface area contributed by atoms with Gasteiger partial charge in [0.1, 0.15) is 0 Å². The van der Waals surface area contributed by atoms with E-state index >= 15 is 0 Å². The standard InChI is InChI=1S/C13H10Cl2IN/c14-12-6-1-9(7-13(12)15)8-17-11-4-2-10(16)3-5-11/h1-7,17H,8H2. The summed E-state index contributed by atoms with van der Waals surface area (Å²) in [5.74, 6) is 0. The van der Waals surface area contributed by atoms with Gasteiger partial charge in [0.15, 0.2) is 0 Å². The maximum atomic E-state index is 5.96. The molecule has 0 saturated heterocycles. The van der Waals surface area contributed by atoms with Gasteiger partial charge in [-0.05, 0) is 64.6 Å². The fraction of sp³-hybridized carbons (Fsp3) is 0.0769. The first-order chi connectivity index (χ1) is 8.15. The molecule has 0 heterocycles. The highest BCUT2D eigenvalue weighted by Gasteiger charge is 1.99. The van der Waals surface area contributed by atoms with Crippen molar-refractivity contribution < 1.29 is 0 Å². The molecule has 2 aromatic rings. The highest BCUT2D eigenvalue weighted by atomic mass is 127. The zero-order valence-electron chi connectivity index (χ0n) is 8.88. The van der Waals surface area contributed by atoms with E-state index in [9.17, 15) is 0 Å². The fourth-order valence-corrected chi connectivity index (χ4v) is 2.10. The summed E-state index contributed by atoms with van der Waals surface area (Å²) in [6.07, 6.45) is 0. The lowest BCUT2D eigenvalue weighted by Crippen LogP contribution is -1.99. The van der Waals surface area contributed by atoms with Crippen LogP contribution >= 0.6 is 45.8 Å². The van der Waals surface area contributed by atoms with Crippen LogP contribution in [0.3, 0.4) is 0 Å². The zero-order valence-corrected chi connectivity index (χ0v) is 12.6. The van der Waals surface area contributed by atoms with Gasteiger partial charge in [0.2, 0.25) is 0 Å². The Bertz CT molecular complexity index is 511. The molecule has 0 fully saturated rings. The van der Waals surface area contributed by atoms with E-state index in [1.54, 1.807) is 0 Å². The Balaban J connectivity index is 2.02. The molecule has 0 aliphatic carbocycles. The average molecular weight is 378 g/mol. The van der Waals surface area contributed by atoms with Gasteiger partial charge in [0.05, 0.1) is 10.0 Å². The van der Waals surface area contributed by atoms with Crippen LogP contribution < -0.4 is 5.32 Å². The first-order valence-electron chi connectivity index (χ1n) is 5.08. The van der Waals surface area contributed by atoms with Crippen molar-refractivity contribution in [2.24, 2.45) is 0 Å². The van der Waals surface area contributed by atoms with Crippen molar-refractivity contribution in [2.45, 2.75) is 6.54 Å². The topological polar surface area (TPSA) is 12.0 Å². The Kier molecular flexibility index (Phi) is 4.54. The van der Waals surface area contributed by atoms with Crippen LogP contribution in [0.15, 0.2) is 42.5 Å². The summed E-state index contributed by atoms with van der Waals surface area (Å²) in [7, 11) is 0. The quantitative estimate of drug-likeness (QED) is 0.724. The van der Waals surface area contributed by atoms with E-state index in [1.807, 2.05) is 18.2 Å². The zero-order chi connectivity index (χ0) is 12.3. The van der Waals surface area contributed by atoms with Crippen molar-refractivity contribution >= 4 is 51.5 Å². The summed E-state index contributed by atoms with van der Waals surface area (Å²) in [5.41, 5.74) is 2.20. The van der Waals surface area contributed by atoms with E-state index in [4.69, 9.17) is 23.2 Å². The largest absolute Gasteiger partial charge is 0.381 e. The van der Waals surface area contributed by atoms with E-state index in [0.717, 1.165) is 17.8 Å². The predicted molar refractivity (Wildman–Crippen MR) is 82.9 cm³/mol. The number of halogens is 3. The molecule has 1 nitrogen and oxygen atoms in total. The third-order valence-electron chi connectivity index (χ3n) is 2.32. The molecule has 2 rings (SSSR count). The molecule has 0 radical (unpaired) electrons. The maximum absolute atomic E-state index is 5.96.